The first-order valence-corrected chi connectivity index (χ1v) is 10.6. The van der Waals surface area contributed by atoms with Gasteiger partial charge in [0.1, 0.15) is 0 Å². The van der Waals surface area contributed by atoms with E-state index >= 15 is 0 Å². The van der Waals surface area contributed by atoms with Gasteiger partial charge in [-0.05, 0) is 46.6 Å². The second-order valence-electron chi connectivity index (χ2n) is 5.68. The number of nitrogens with zero attached hydrogens (tertiary/aromatic N) is 1. The van der Waals surface area contributed by atoms with Crippen molar-refractivity contribution in [3.63, 3.8) is 0 Å². The van der Waals surface area contributed by atoms with Gasteiger partial charge in [0.25, 0.3) is 0 Å². The number of hydrogen-bond acceptors (Lipinski definition) is 6. The highest BCUT2D eigenvalue weighted by Gasteiger charge is 2.52. The Morgan fingerprint density at radius 1 is 1.13 bits per heavy atom. The zero-order valence-corrected chi connectivity index (χ0v) is 16.3. The molecule has 1 fully saturated rings. The number of piperidine rings is 1. The van der Waals surface area contributed by atoms with Crippen molar-refractivity contribution in [2.75, 3.05) is 40.0 Å². The molecule has 0 bridgehead atoms. The largest absolute Gasteiger partial charge is 0.519 e. The van der Waals surface area contributed by atoms with Gasteiger partial charge in [-0.25, -0.2) is 0 Å². The predicted molar refractivity (Wildman–Crippen MR) is 91.0 cm³/mol. The monoisotopic (exact) mass is 347 g/mol. The highest BCUT2D eigenvalue weighted by molar-refractivity contribution is 6.62. The SMILES string of the molecule is CCO[Si](OCC)(OCC)C(CC)N1CCCC(C(=O)OC)C1. The Morgan fingerprint density at radius 3 is 2.13 bits per heavy atom. The van der Waals surface area contributed by atoms with Crippen LogP contribution >= 0.6 is 0 Å². The van der Waals surface area contributed by atoms with Crippen LogP contribution in [0.2, 0.25) is 0 Å². The van der Waals surface area contributed by atoms with Crippen LogP contribution in [0.1, 0.15) is 47.0 Å². The normalized spacial score (nSPS) is 21.2. The Labute approximate surface area is 141 Å². The van der Waals surface area contributed by atoms with Gasteiger partial charge in [0.05, 0.1) is 18.7 Å². The minimum Gasteiger partial charge on any atom is -0.469 e. The molecule has 0 aromatic carbocycles. The molecule has 0 aromatic heterocycles. The maximum absolute atomic E-state index is 11.9. The topological polar surface area (TPSA) is 57.2 Å². The summed E-state index contributed by atoms with van der Waals surface area (Å²) in [5.74, 6) is -0.194. The summed E-state index contributed by atoms with van der Waals surface area (Å²) < 4.78 is 23.2. The van der Waals surface area contributed by atoms with Crippen LogP contribution < -0.4 is 0 Å². The van der Waals surface area contributed by atoms with Gasteiger partial charge in [0.15, 0.2) is 0 Å². The molecule has 136 valence electrons. The van der Waals surface area contributed by atoms with E-state index in [9.17, 15) is 4.79 Å². The van der Waals surface area contributed by atoms with E-state index in [-0.39, 0.29) is 17.6 Å². The van der Waals surface area contributed by atoms with Crippen LogP contribution in [0.5, 0.6) is 0 Å². The molecule has 0 spiro atoms. The van der Waals surface area contributed by atoms with Gasteiger partial charge in [-0.3, -0.25) is 9.69 Å². The first-order valence-electron chi connectivity index (χ1n) is 8.82. The molecule has 0 amide bonds. The maximum Gasteiger partial charge on any atom is 0.519 e. The number of rotatable bonds is 10. The van der Waals surface area contributed by atoms with Crippen LogP contribution in [0.15, 0.2) is 0 Å². The van der Waals surface area contributed by atoms with Crippen molar-refractivity contribution in [1.82, 2.24) is 4.90 Å². The Balaban J connectivity index is 2.97. The number of likely N-dealkylation sites (tertiary alicyclic amines) is 1. The van der Waals surface area contributed by atoms with E-state index in [2.05, 4.69) is 11.8 Å². The fourth-order valence-corrected chi connectivity index (χ4v) is 6.61. The van der Waals surface area contributed by atoms with Crippen LogP contribution in [0, 0.1) is 5.92 Å². The van der Waals surface area contributed by atoms with Gasteiger partial charge < -0.3 is 18.0 Å². The predicted octanol–water partition coefficient (Wildman–Crippen LogP) is 2.24. The van der Waals surface area contributed by atoms with Crippen LogP contribution in [0.25, 0.3) is 0 Å². The van der Waals surface area contributed by atoms with E-state index in [1.807, 2.05) is 20.8 Å². The number of carbonyl (C=O) groups excluding carboxylic acids is 1. The second kappa shape index (κ2) is 10.4. The minimum absolute atomic E-state index is 0.0700. The molecule has 0 aliphatic carbocycles. The van der Waals surface area contributed by atoms with Crippen molar-refractivity contribution in [3.05, 3.63) is 0 Å². The molecule has 1 aliphatic rings. The molecule has 7 heteroatoms. The van der Waals surface area contributed by atoms with E-state index in [0.29, 0.717) is 26.4 Å². The van der Waals surface area contributed by atoms with Crippen molar-refractivity contribution >= 4 is 14.8 Å². The molecular weight excluding hydrogens is 314 g/mol. The van der Waals surface area contributed by atoms with Crippen molar-refractivity contribution in [3.8, 4) is 0 Å². The van der Waals surface area contributed by atoms with Crippen LogP contribution in [0.4, 0.5) is 0 Å². The highest BCUT2D eigenvalue weighted by atomic mass is 28.4. The summed E-state index contributed by atoms with van der Waals surface area (Å²) in [7, 11) is -1.36. The van der Waals surface area contributed by atoms with Gasteiger partial charge in [0, 0.05) is 26.4 Å². The summed E-state index contributed by atoms with van der Waals surface area (Å²) in [5, 5.41) is 0. The number of carbonyl (C=O) groups is 1. The third-order valence-corrected chi connectivity index (χ3v) is 7.92. The van der Waals surface area contributed by atoms with E-state index in [4.69, 9.17) is 18.0 Å². The van der Waals surface area contributed by atoms with E-state index in [1.54, 1.807) is 0 Å². The zero-order chi connectivity index (χ0) is 17.3. The quantitative estimate of drug-likeness (QED) is 0.446. The van der Waals surface area contributed by atoms with Crippen LogP contribution in [0.3, 0.4) is 0 Å². The van der Waals surface area contributed by atoms with Gasteiger partial charge >= 0.3 is 14.8 Å². The van der Waals surface area contributed by atoms with Crippen LogP contribution in [-0.4, -0.2) is 65.4 Å². The fourth-order valence-electron chi connectivity index (χ4n) is 3.40. The van der Waals surface area contributed by atoms with Crippen molar-refractivity contribution in [1.29, 1.82) is 0 Å². The molecule has 2 unspecified atom stereocenters. The van der Waals surface area contributed by atoms with Gasteiger partial charge in [0.2, 0.25) is 0 Å². The summed E-state index contributed by atoms with van der Waals surface area (Å²) in [5.41, 5.74) is 0.0785. The van der Waals surface area contributed by atoms with Crippen molar-refractivity contribution in [2.45, 2.75) is 52.6 Å². The first kappa shape index (κ1) is 20.6. The maximum atomic E-state index is 11.9. The summed E-state index contributed by atoms with van der Waals surface area (Å²) >= 11 is 0. The Kier molecular flexibility index (Phi) is 9.31. The molecule has 1 saturated heterocycles. The number of methoxy groups -OCH3 is 1. The van der Waals surface area contributed by atoms with Crippen molar-refractivity contribution < 1.29 is 22.8 Å². The molecule has 0 radical (unpaired) electrons. The van der Waals surface area contributed by atoms with E-state index < -0.39 is 8.80 Å². The first-order chi connectivity index (χ1) is 11.1. The summed E-state index contributed by atoms with van der Waals surface area (Å²) in [4.78, 5) is 14.2. The third-order valence-electron chi connectivity index (χ3n) is 4.26. The Bertz CT molecular complexity index is 338. The molecule has 23 heavy (non-hydrogen) atoms. The molecule has 1 aliphatic heterocycles. The number of ether oxygens (including phenoxy) is 1. The van der Waals surface area contributed by atoms with Crippen LogP contribution in [-0.2, 0) is 22.8 Å². The van der Waals surface area contributed by atoms with E-state index in [0.717, 1.165) is 25.8 Å². The lowest BCUT2D eigenvalue weighted by atomic mass is 9.98. The van der Waals surface area contributed by atoms with Crippen molar-refractivity contribution in [2.24, 2.45) is 5.92 Å². The zero-order valence-electron chi connectivity index (χ0n) is 15.3. The summed E-state index contributed by atoms with van der Waals surface area (Å²) in [6, 6.07) is 0. The van der Waals surface area contributed by atoms with Gasteiger partial charge in [-0.1, -0.05) is 6.92 Å². The average Bonchev–Trinajstić information content (AvgIpc) is 2.56. The van der Waals surface area contributed by atoms with E-state index in [1.165, 1.54) is 7.11 Å². The standard InChI is InChI=1S/C16H33NO5Si/c1-6-15(23(20-7-2,21-8-3)22-9-4)17-12-10-11-14(13-17)16(18)19-5/h14-15H,6-13H2,1-5H3. The lowest BCUT2D eigenvalue weighted by molar-refractivity contribution is -0.147. The molecule has 1 heterocycles. The molecule has 0 N–H and O–H groups in total. The Hall–Kier alpha value is -0.473. The molecule has 0 saturated carbocycles. The molecule has 6 nitrogen and oxygen atoms in total. The van der Waals surface area contributed by atoms with Gasteiger partial charge in [-0.2, -0.15) is 0 Å². The molecular formula is C16H33NO5Si. The lowest BCUT2D eigenvalue weighted by Gasteiger charge is -2.43. The lowest BCUT2D eigenvalue weighted by Crippen LogP contribution is -2.64. The summed E-state index contributed by atoms with van der Waals surface area (Å²) in [6.45, 7) is 11.4. The second-order valence-corrected chi connectivity index (χ2v) is 8.42. The molecule has 0 aromatic rings. The molecule has 2 atom stereocenters. The number of esters is 1. The fraction of sp³-hybridized carbons (Fsp3) is 0.938. The molecule has 1 rings (SSSR count). The van der Waals surface area contributed by atoms with Gasteiger partial charge in [-0.15, -0.1) is 0 Å². The third kappa shape index (κ3) is 5.25. The highest BCUT2D eigenvalue weighted by Crippen LogP contribution is 2.28. The smallest absolute Gasteiger partial charge is 0.469 e. The Morgan fingerprint density at radius 2 is 1.70 bits per heavy atom. The summed E-state index contributed by atoms with van der Waals surface area (Å²) in [6.07, 6.45) is 2.73. The number of hydrogen-bond donors (Lipinski definition) is 0. The minimum atomic E-state index is -2.81. The average molecular weight is 348 g/mol.